The Labute approximate surface area is 124 Å². The van der Waals surface area contributed by atoms with E-state index in [0.29, 0.717) is 12.5 Å². The van der Waals surface area contributed by atoms with Gasteiger partial charge in [-0.1, -0.05) is 23.4 Å². The first-order valence-corrected chi connectivity index (χ1v) is 7.50. The molecule has 2 aliphatic rings. The zero-order chi connectivity index (χ0) is 14.6. The predicted octanol–water partition coefficient (Wildman–Crippen LogP) is 2.93. The van der Waals surface area contributed by atoms with Crippen LogP contribution in [0.4, 0.5) is 0 Å². The van der Waals surface area contributed by atoms with Gasteiger partial charge in [0, 0.05) is 24.6 Å². The van der Waals surface area contributed by atoms with Crippen LogP contribution < -0.4 is 5.32 Å². The Hall–Kier alpha value is -1.65. The third-order valence-corrected chi connectivity index (χ3v) is 5.00. The van der Waals surface area contributed by atoms with Crippen molar-refractivity contribution < 1.29 is 9.26 Å². The molecule has 0 unspecified atom stereocenters. The third kappa shape index (κ3) is 1.79. The minimum Gasteiger partial charge on any atom is -0.369 e. The van der Waals surface area contributed by atoms with Crippen LogP contribution in [0, 0.1) is 13.8 Å². The van der Waals surface area contributed by atoms with Gasteiger partial charge in [-0.3, -0.25) is 0 Å². The fourth-order valence-corrected chi connectivity index (χ4v) is 3.83. The van der Waals surface area contributed by atoms with Crippen LogP contribution in [0.15, 0.2) is 22.7 Å². The quantitative estimate of drug-likeness (QED) is 0.874. The number of ether oxygens (including phenoxy) is 1. The van der Waals surface area contributed by atoms with Crippen molar-refractivity contribution >= 4 is 0 Å². The van der Waals surface area contributed by atoms with Gasteiger partial charge in [0.15, 0.2) is 0 Å². The molecule has 1 aromatic heterocycles. The van der Waals surface area contributed by atoms with E-state index in [4.69, 9.17) is 9.26 Å². The average molecular weight is 284 g/mol. The molecule has 0 amide bonds. The van der Waals surface area contributed by atoms with Gasteiger partial charge < -0.3 is 14.6 Å². The highest BCUT2D eigenvalue weighted by Crippen LogP contribution is 2.44. The fraction of sp³-hybridized carbons (Fsp3) is 0.471. The molecule has 110 valence electrons. The molecule has 2 aromatic rings. The number of hydrogen-bond donors (Lipinski definition) is 1. The highest BCUT2D eigenvalue weighted by atomic mass is 16.5. The van der Waals surface area contributed by atoms with Crippen molar-refractivity contribution in [2.75, 3.05) is 13.1 Å². The molecule has 1 saturated heterocycles. The Bertz CT molecular complexity index is 687. The maximum absolute atomic E-state index is 6.22. The van der Waals surface area contributed by atoms with Gasteiger partial charge in [0.1, 0.15) is 5.76 Å². The van der Waals surface area contributed by atoms with Crippen LogP contribution in [0.5, 0.6) is 0 Å². The maximum atomic E-state index is 6.22. The summed E-state index contributed by atoms with van der Waals surface area (Å²) >= 11 is 0. The molecule has 3 heterocycles. The first kappa shape index (κ1) is 13.0. The standard InChI is InChI=1S/C17H20N2O2/c1-10-16(11(2)21-19-10)13-6-4-5-12-14(13)8-20-17(3)9-18-7-15(12)17/h4-6,15,18H,7-9H2,1-3H3/t15-,17-/m1/s1. The second kappa shape index (κ2) is 4.42. The lowest BCUT2D eigenvalue weighted by Gasteiger charge is -2.37. The molecule has 1 fully saturated rings. The van der Waals surface area contributed by atoms with Crippen molar-refractivity contribution in [3.05, 3.63) is 40.8 Å². The molecule has 0 spiro atoms. The van der Waals surface area contributed by atoms with Crippen LogP contribution in [0.25, 0.3) is 11.1 Å². The van der Waals surface area contributed by atoms with Gasteiger partial charge in [-0.2, -0.15) is 0 Å². The second-order valence-corrected chi connectivity index (χ2v) is 6.36. The Morgan fingerprint density at radius 2 is 2.19 bits per heavy atom. The van der Waals surface area contributed by atoms with Crippen LogP contribution >= 0.6 is 0 Å². The summed E-state index contributed by atoms with van der Waals surface area (Å²) in [6, 6.07) is 6.54. The summed E-state index contributed by atoms with van der Waals surface area (Å²) in [7, 11) is 0. The molecule has 21 heavy (non-hydrogen) atoms. The van der Waals surface area contributed by atoms with Crippen molar-refractivity contribution in [3.63, 3.8) is 0 Å². The minimum atomic E-state index is -0.0790. The van der Waals surface area contributed by atoms with Crippen LogP contribution in [0.1, 0.15) is 35.4 Å². The number of rotatable bonds is 1. The molecule has 2 aliphatic heterocycles. The van der Waals surface area contributed by atoms with E-state index < -0.39 is 0 Å². The van der Waals surface area contributed by atoms with Gasteiger partial charge in [-0.25, -0.2) is 0 Å². The molecular formula is C17H20N2O2. The lowest BCUT2D eigenvalue weighted by atomic mass is 9.79. The Balaban J connectivity index is 1.90. The molecule has 4 nitrogen and oxygen atoms in total. The summed E-state index contributed by atoms with van der Waals surface area (Å²) in [4.78, 5) is 0. The molecule has 0 saturated carbocycles. The molecule has 1 aromatic carbocycles. The highest BCUT2D eigenvalue weighted by Gasteiger charge is 2.45. The van der Waals surface area contributed by atoms with Crippen LogP contribution in [0.3, 0.4) is 0 Å². The van der Waals surface area contributed by atoms with E-state index in [9.17, 15) is 0 Å². The molecule has 2 atom stereocenters. The molecular weight excluding hydrogens is 264 g/mol. The van der Waals surface area contributed by atoms with E-state index in [-0.39, 0.29) is 5.60 Å². The summed E-state index contributed by atoms with van der Waals surface area (Å²) in [5.74, 6) is 1.29. The van der Waals surface area contributed by atoms with Crippen molar-refractivity contribution in [3.8, 4) is 11.1 Å². The summed E-state index contributed by atoms with van der Waals surface area (Å²) in [6.07, 6.45) is 0. The number of nitrogens with zero attached hydrogens (tertiary/aromatic N) is 1. The van der Waals surface area contributed by atoms with Gasteiger partial charge in [-0.15, -0.1) is 0 Å². The zero-order valence-corrected chi connectivity index (χ0v) is 12.7. The Morgan fingerprint density at radius 1 is 1.33 bits per heavy atom. The first-order chi connectivity index (χ1) is 10.1. The van der Waals surface area contributed by atoms with Crippen LogP contribution in [0.2, 0.25) is 0 Å². The number of benzene rings is 1. The number of aryl methyl sites for hydroxylation is 2. The van der Waals surface area contributed by atoms with Gasteiger partial charge in [-0.05, 0) is 37.5 Å². The first-order valence-electron chi connectivity index (χ1n) is 7.50. The largest absolute Gasteiger partial charge is 0.369 e. The van der Waals surface area contributed by atoms with Crippen LogP contribution in [-0.4, -0.2) is 23.8 Å². The molecule has 4 heteroatoms. The number of hydrogen-bond acceptors (Lipinski definition) is 4. The van der Waals surface area contributed by atoms with Gasteiger partial charge >= 0.3 is 0 Å². The van der Waals surface area contributed by atoms with E-state index >= 15 is 0 Å². The second-order valence-electron chi connectivity index (χ2n) is 6.36. The van der Waals surface area contributed by atoms with E-state index in [2.05, 4.69) is 35.6 Å². The maximum Gasteiger partial charge on any atom is 0.141 e. The average Bonchev–Trinajstić information content (AvgIpc) is 3.01. The smallest absolute Gasteiger partial charge is 0.141 e. The van der Waals surface area contributed by atoms with Crippen molar-refractivity contribution in [1.82, 2.24) is 10.5 Å². The number of nitrogens with one attached hydrogen (secondary N) is 1. The van der Waals surface area contributed by atoms with E-state index in [1.165, 1.54) is 16.7 Å². The summed E-state index contributed by atoms with van der Waals surface area (Å²) in [5.41, 5.74) is 5.88. The lowest BCUT2D eigenvalue weighted by Crippen LogP contribution is -2.39. The van der Waals surface area contributed by atoms with Crippen molar-refractivity contribution in [1.29, 1.82) is 0 Å². The number of fused-ring (bicyclic) bond motifs is 3. The topological polar surface area (TPSA) is 47.3 Å². The van der Waals surface area contributed by atoms with E-state index in [0.717, 1.165) is 30.1 Å². The molecule has 0 bridgehead atoms. The predicted molar refractivity (Wildman–Crippen MR) is 80.2 cm³/mol. The monoisotopic (exact) mass is 284 g/mol. The summed E-state index contributed by atoms with van der Waals surface area (Å²) in [5, 5.41) is 7.56. The molecule has 4 rings (SSSR count). The lowest BCUT2D eigenvalue weighted by molar-refractivity contribution is -0.0515. The molecule has 0 radical (unpaired) electrons. The van der Waals surface area contributed by atoms with Crippen molar-refractivity contribution in [2.45, 2.75) is 38.9 Å². The Kier molecular flexibility index (Phi) is 2.75. The third-order valence-electron chi connectivity index (χ3n) is 5.00. The van der Waals surface area contributed by atoms with Crippen LogP contribution in [-0.2, 0) is 11.3 Å². The molecule has 0 aliphatic carbocycles. The Morgan fingerprint density at radius 3 is 2.95 bits per heavy atom. The molecule has 1 N–H and O–H groups in total. The summed E-state index contributed by atoms with van der Waals surface area (Å²) in [6.45, 7) is 8.74. The highest BCUT2D eigenvalue weighted by molar-refractivity contribution is 5.72. The van der Waals surface area contributed by atoms with Gasteiger partial charge in [0.25, 0.3) is 0 Å². The van der Waals surface area contributed by atoms with Gasteiger partial charge in [0.2, 0.25) is 0 Å². The minimum absolute atomic E-state index is 0.0790. The fourth-order valence-electron chi connectivity index (χ4n) is 3.83. The zero-order valence-electron chi connectivity index (χ0n) is 12.7. The van der Waals surface area contributed by atoms with Gasteiger partial charge in [0.05, 0.1) is 17.9 Å². The van der Waals surface area contributed by atoms with E-state index in [1.54, 1.807) is 0 Å². The van der Waals surface area contributed by atoms with Crippen molar-refractivity contribution in [2.24, 2.45) is 0 Å². The normalized spacial score (nSPS) is 27.5. The van der Waals surface area contributed by atoms with E-state index in [1.807, 2.05) is 13.8 Å². The summed E-state index contributed by atoms with van der Waals surface area (Å²) < 4.78 is 11.6. The number of aromatic nitrogens is 1. The SMILES string of the molecule is Cc1noc(C)c1-c1cccc2c1CO[C@]1(C)CNC[C@H]21.